The molecule has 2 saturated carbocycles. The smallest absolute Gasteiger partial charge is 0.408 e. The van der Waals surface area contributed by atoms with Gasteiger partial charge in [-0.25, -0.2) is 14.6 Å². The van der Waals surface area contributed by atoms with Crippen LogP contribution in [0, 0.1) is 5.92 Å². The lowest BCUT2D eigenvalue weighted by atomic mass is 10.1. The van der Waals surface area contributed by atoms with Gasteiger partial charge in [-0.2, -0.15) is 0 Å². The maximum absolute atomic E-state index is 14.2. The number of aliphatic carboxylic acids is 1. The first kappa shape index (κ1) is 35.0. The van der Waals surface area contributed by atoms with E-state index < -0.39 is 53.5 Å². The number of aromatic nitrogens is 1. The number of fused-ring (bicyclic) bond motifs is 1. The number of carbonyl (C=O) groups is 4. The first-order valence-electron chi connectivity index (χ1n) is 16.0. The lowest BCUT2D eigenvalue weighted by Crippen LogP contribution is -2.56. The minimum absolute atomic E-state index is 0.0343. The highest BCUT2D eigenvalue weighted by Gasteiger charge is 2.61. The Labute approximate surface area is 287 Å². The average molecular weight is 730 g/mol. The number of amides is 3. The topological polar surface area (TPSA) is 166 Å². The van der Waals surface area contributed by atoms with Crippen LogP contribution in [-0.4, -0.2) is 89.0 Å². The third kappa shape index (κ3) is 7.08. The van der Waals surface area contributed by atoms with Gasteiger partial charge in [0.05, 0.1) is 30.3 Å². The Balaban J connectivity index is 1.45. The summed E-state index contributed by atoms with van der Waals surface area (Å²) < 4.78 is 23.8. The Morgan fingerprint density at radius 3 is 2.54 bits per heavy atom. The van der Waals surface area contributed by atoms with Crippen LogP contribution in [0.15, 0.2) is 47.5 Å². The first-order chi connectivity index (χ1) is 22.9. The van der Waals surface area contributed by atoms with Gasteiger partial charge in [0.1, 0.15) is 41.3 Å². The Kier molecular flexibility index (Phi) is 10.5. The summed E-state index contributed by atoms with van der Waals surface area (Å²) in [5.41, 5.74) is -0.652. The molecule has 2 aliphatic carbocycles. The molecule has 1 aromatic carbocycles. The summed E-state index contributed by atoms with van der Waals surface area (Å²) in [6, 6.07) is 2.87. The molecule has 0 radical (unpaired) electrons. The van der Waals surface area contributed by atoms with Crippen molar-refractivity contribution in [3.63, 3.8) is 0 Å². The van der Waals surface area contributed by atoms with Crippen LogP contribution in [0.5, 0.6) is 17.4 Å². The number of carboxylic acid groups (broad SMARTS) is 1. The van der Waals surface area contributed by atoms with E-state index in [1.807, 2.05) is 6.92 Å². The molecule has 0 spiro atoms. The number of hydrogen-bond donors (Lipinski definition) is 3. The monoisotopic (exact) mass is 728 g/mol. The van der Waals surface area contributed by atoms with Crippen molar-refractivity contribution in [1.82, 2.24) is 20.5 Å². The molecule has 258 valence electrons. The highest BCUT2D eigenvalue weighted by molar-refractivity contribution is 9.10. The normalized spacial score (nSPS) is 24.0. The van der Waals surface area contributed by atoms with Gasteiger partial charge in [-0.05, 0) is 79.6 Å². The molecule has 3 aliphatic rings. The molecule has 1 aliphatic heterocycles. The lowest BCUT2D eigenvalue weighted by Gasteiger charge is -2.29. The maximum Gasteiger partial charge on any atom is 0.408 e. The van der Waals surface area contributed by atoms with Gasteiger partial charge in [-0.1, -0.05) is 12.7 Å². The summed E-state index contributed by atoms with van der Waals surface area (Å²) in [4.78, 5) is 58.9. The summed E-state index contributed by atoms with van der Waals surface area (Å²) in [5, 5.41) is 15.9. The quantitative estimate of drug-likeness (QED) is 0.250. The van der Waals surface area contributed by atoms with Gasteiger partial charge >= 0.3 is 12.1 Å². The second-order valence-corrected chi connectivity index (χ2v) is 13.2. The molecule has 3 N–H and O–H groups in total. The van der Waals surface area contributed by atoms with Crippen molar-refractivity contribution in [2.75, 3.05) is 20.3 Å². The van der Waals surface area contributed by atoms with Gasteiger partial charge in [0, 0.05) is 23.8 Å². The maximum atomic E-state index is 14.2. The van der Waals surface area contributed by atoms with Crippen LogP contribution >= 0.6 is 15.9 Å². The van der Waals surface area contributed by atoms with Crippen molar-refractivity contribution in [2.45, 2.75) is 82.2 Å². The number of carboxylic acids is 1. The van der Waals surface area contributed by atoms with Gasteiger partial charge in [-0.3, -0.25) is 9.59 Å². The summed E-state index contributed by atoms with van der Waals surface area (Å²) in [5.74, 6) is -1.64. The molecule has 1 aromatic heterocycles. The zero-order valence-electron chi connectivity index (χ0n) is 27.3. The zero-order valence-corrected chi connectivity index (χ0v) is 28.8. The number of likely N-dealkylation sites (tertiary alicyclic amines) is 1. The number of methoxy groups -OCH3 is 1. The van der Waals surface area contributed by atoms with E-state index in [1.54, 1.807) is 32.2 Å². The molecule has 0 bridgehead atoms. The Morgan fingerprint density at radius 2 is 1.94 bits per heavy atom. The second-order valence-electron chi connectivity index (χ2n) is 12.4. The average Bonchev–Trinajstić information content (AvgIpc) is 3.32. The molecular weight excluding hydrogens is 688 g/mol. The Hall–Kier alpha value is -4.33. The van der Waals surface area contributed by atoms with Crippen molar-refractivity contribution in [1.29, 1.82) is 0 Å². The van der Waals surface area contributed by atoms with E-state index in [4.69, 9.17) is 18.9 Å². The lowest BCUT2D eigenvalue weighted by molar-refractivity contribution is -0.145. The molecule has 14 heteroatoms. The summed E-state index contributed by atoms with van der Waals surface area (Å²) in [7, 11) is 1.54. The van der Waals surface area contributed by atoms with Crippen LogP contribution in [0.3, 0.4) is 0 Å². The van der Waals surface area contributed by atoms with Crippen LogP contribution in [0.1, 0.15) is 52.4 Å². The predicted octanol–water partition coefficient (Wildman–Crippen LogP) is 4.51. The van der Waals surface area contributed by atoms with Crippen LogP contribution in [0.25, 0.3) is 10.9 Å². The molecule has 2 heterocycles. The molecule has 5 rings (SSSR count). The first-order valence-corrected chi connectivity index (χ1v) is 16.8. The number of carbonyl (C=O) groups excluding carboxylic acids is 3. The Morgan fingerprint density at radius 1 is 1.21 bits per heavy atom. The molecule has 0 unspecified atom stereocenters. The second kappa shape index (κ2) is 14.4. The zero-order chi connectivity index (χ0) is 34.7. The highest BCUT2D eigenvalue weighted by Crippen LogP contribution is 2.45. The number of ether oxygens (including phenoxy) is 4. The SMILES string of the molecule is C=C[C@@H]1C[C@]1(NC(=O)[C@@H]1C[C@@H](Oc2cc(OCC)nc3c(Br)c(OC)ccc23)CN1C(=O)[C@@H](NC(=O)OC1CCCC1)C(=C)C)C(=O)O. The van der Waals surface area contributed by atoms with E-state index in [2.05, 4.69) is 44.7 Å². The summed E-state index contributed by atoms with van der Waals surface area (Å²) in [6.45, 7) is 11.3. The fourth-order valence-corrected chi connectivity index (χ4v) is 7.00. The third-order valence-electron chi connectivity index (χ3n) is 9.08. The van der Waals surface area contributed by atoms with E-state index >= 15 is 0 Å². The van der Waals surface area contributed by atoms with Crippen LogP contribution in [0.2, 0.25) is 0 Å². The van der Waals surface area contributed by atoms with Crippen LogP contribution in [0.4, 0.5) is 4.79 Å². The van der Waals surface area contributed by atoms with E-state index in [1.165, 1.54) is 11.0 Å². The van der Waals surface area contributed by atoms with E-state index in [0.717, 1.165) is 25.7 Å². The number of pyridine rings is 1. The number of nitrogens with zero attached hydrogens (tertiary/aromatic N) is 2. The highest BCUT2D eigenvalue weighted by atomic mass is 79.9. The molecule has 3 amide bonds. The van der Waals surface area contributed by atoms with E-state index in [0.29, 0.717) is 44.9 Å². The van der Waals surface area contributed by atoms with Gasteiger partial charge in [0.15, 0.2) is 0 Å². The van der Waals surface area contributed by atoms with Crippen molar-refractivity contribution in [3.8, 4) is 17.4 Å². The van der Waals surface area contributed by atoms with Gasteiger partial charge in [0.25, 0.3) is 0 Å². The molecule has 48 heavy (non-hydrogen) atoms. The summed E-state index contributed by atoms with van der Waals surface area (Å²) in [6.07, 6.45) is 3.44. The van der Waals surface area contributed by atoms with Crippen molar-refractivity contribution in [3.05, 3.63) is 47.5 Å². The number of hydrogen-bond acceptors (Lipinski definition) is 9. The predicted molar refractivity (Wildman–Crippen MR) is 179 cm³/mol. The molecular formula is C34H41BrN4O9. The minimum Gasteiger partial charge on any atom is -0.495 e. The molecule has 2 aromatic rings. The number of rotatable bonds is 13. The third-order valence-corrected chi connectivity index (χ3v) is 9.85. The number of benzene rings is 1. The molecule has 1 saturated heterocycles. The van der Waals surface area contributed by atoms with Crippen molar-refractivity contribution >= 4 is 50.7 Å². The fourth-order valence-electron chi connectivity index (χ4n) is 6.41. The fraction of sp³-hybridized carbons (Fsp3) is 0.500. The molecule has 3 fully saturated rings. The molecule has 5 atom stereocenters. The minimum atomic E-state index is -1.51. The Bertz CT molecular complexity index is 1630. The largest absolute Gasteiger partial charge is 0.495 e. The standard InChI is InChI=1S/C34H41BrN4O9/c1-6-19-16-34(19,32(42)43)38-30(40)23-14-21(17-39(23)31(41)28(18(3)4)37-33(44)48-20-10-8-9-11-20)47-25-15-26(46-7-2)36-29-22(25)12-13-24(45-5)27(29)35/h6,12-13,15,19-21,23,28H,1,3,7-11,14,16-17H2,2,4-5H3,(H,37,44)(H,38,40)(H,42,43)/t19-,21-,23+,28+,34-/m1/s1. The van der Waals surface area contributed by atoms with Crippen LogP contribution < -0.4 is 24.8 Å². The van der Waals surface area contributed by atoms with Gasteiger partial charge in [-0.15, -0.1) is 6.58 Å². The van der Waals surface area contributed by atoms with Crippen LogP contribution in [-0.2, 0) is 19.1 Å². The molecule has 13 nitrogen and oxygen atoms in total. The number of nitrogens with one attached hydrogen (secondary N) is 2. The number of halogens is 1. The van der Waals surface area contributed by atoms with E-state index in [9.17, 15) is 24.3 Å². The van der Waals surface area contributed by atoms with E-state index in [-0.39, 0.29) is 25.5 Å². The summed E-state index contributed by atoms with van der Waals surface area (Å²) >= 11 is 3.55. The number of alkyl carbamates (subject to hydrolysis) is 1. The van der Waals surface area contributed by atoms with Gasteiger partial charge in [0.2, 0.25) is 17.7 Å². The van der Waals surface area contributed by atoms with Crippen molar-refractivity contribution < 1.29 is 43.2 Å². The van der Waals surface area contributed by atoms with Crippen molar-refractivity contribution in [2.24, 2.45) is 5.92 Å². The van der Waals surface area contributed by atoms with Gasteiger partial charge < -0.3 is 39.6 Å².